The van der Waals surface area contributed by atoms with Gasteiger partial charge in [-0.3, -0.25) is 4.68 Å². The minimum absolute atomic E-state index is 0.0430. The molecule has 20 heavy (non-hydrogen) atoms. The minimum atomic E-state index is 0.0430. The molecule has 0 aliphatic carbocycles. The lowest BCUT2D eigenvalue weighted by Gasteiger charge is -2.18. The van der Waals surface area contributed by atoms with Gasteiger partial charge >= 0.3 is 0 Å². The summed E-state index contributed by atoms with van der Waals surface area (Å²) in [5.74, 6) is 0.380. The Morgan fingerprint density at radius 3 is 2.50 bits per heavy atom. The van der Waals surface area contributed by atoms with Crippen LogP contribution < -0.4 is 0 Å². The van der Waals surface area contributed by atoms with Gasteiger partial charge in [-0.25, -0.2) is 0 Å². The van der Waals surface area contributed by atoms with E-state index in [2.05, 4.69) is 48.8 Å². The molecule has 0 saturated carbocycles. The van der Waals surface area contributed by atoms with Gasteiger partial charge in [-0.15, -0.1) is 11.6 Å². The third-order valence-corrected chi connectivity index (χ3v) is 4.41. The average molecular weight is 291 g/mol. The van der Waals surface area contributed by atoms with Crippen molar-refractivity contribution in [2.75, 3.05) is 0 Å². The van der Waals surface area contributed by atoms with Gasteiger partial charge in [0.1, 0.15) is 0 Å². The first kappa shape index (κ1) is 15.1. The van der Waals surface area contributed by atoms with Gasteiger partial charge < -0.3 is 0 Å². The molecule has 1 aromatic heterocycles. The molecule has 0 radical (unpaired) electrons. The molecule has 0 saturated heterocycles. The van der Waals surface area contributed by atoms with Crippen molar-refractivity contribution in [3.05, 3.63) is 53.3 Å². The van der Waals surface area contributed by atoms with Crippen molar-refractivity contribution in [2.24, 2.45) is 5.92 Å². The number of rotatable bonds is 6. The lowest BCUT2D eigenvalue weighted by Crippen LogP contribution is -2.11. The number of nitrogens with zero attached hydrogens (tertiary/aromatic N) is 2. The standard InChI is InChI=1S/C17H23ClN2/c1-4-15-12-16(20(5-2)19-15)11-13(3)17(18)14-9-7-6-8-10-14/h6-10,12-13,17H,4-5,11H2,1-3H3. The summed E-state index contributed by atoms with van der Waals surface area (Å²) in [6.07, 6.45) is 1.95. The summed E-state index contributed by atoms with van der Waals surface area (Å²) in [6.45, 7) is 7.41. The molecule has 0 fully saturated rings. The predicted molar refractivity (Wildman–Crippen MR) is 85.2 cm³/mol. The second-order valence-electron chi connectivity index (χ2n) is 5.29. The highest BCUT2D eigenvalue weighted by Gasteiger charge is 2.19. The maximum Gasteiger partial charge on any atom is 0.0624 e. The van der Waals surface area contributed by atoms with Crippen LogP contribution in [0, 0.1) is 5.92 Å². The molecule has 0 amide bonds. The Morgan fingerprint density at radius 2 is 1.90 bits per heavy atom. The largest absolute Gasteiger partial charge is 0.270 e. The molecule has 0 N–H and O–H groups in total. The maximum absolute atomic E-state index is 6.61. The van der Waals surface area contributed by atoms with Gasteiger partial charge in [0.15, 0.2) is 0 Å². The molecule has 2 nitrogen and oxygen atoms in total. The lowest BCUT2D eigenvalue weighted by atomic mass is 9.96. The molecule has 0 aliphatic heterocycles. The normalized spacial score (nSPS) is 14.2. The molecular formula is C17H23ClN2. The van der Waals surface area contributed by atoms with Crippen molar-refractivity contribution in [3.63, 3.8) is 0 Å². The van der Waals surface area contributed by atoms with Gasteiger partial charge in [0.05, 0.1) is 11.1 Å². The van der Waals surface area contributed by atoms with Gasteiger partial charge in [-0.2, -0.15) is 5.10 Å². The zero-order chi connectivity index (χ0) is 14.5. The van der Waals surface area contributed by atoms with Crippen molar-refractivity contribution >= 4 is 11.6 Å². The van der Waals surface area contributed by atoms with E-state index >= 15 is 0 Å². The van der Waals surface area contributed by atoms with E-state index in [9.17, 15) is 0 Å². The molecule has 2 rings (SSSR count). The molecular weight excluding hydrogens is 268 g/mol. The summed E-state index contributed by atoms with van der Waals surface area (Å²) in [7, 11) is 0. The lowest BCUT2D eigenvalue weighted by molar-refractivity contribution is 0.515. The molecule has 2 atom stereocenters. The first-order valence-corrected chi connectivity index (χ1v) is 7.84. The van der Waals surface area contributed by atoms with Gasteiger partial charge in [-0.1, -0.05) is 44.2 Å². The topological polar surface area (TPSA) is 17.8 Å². The number of alkyl halides is 1. The third-order valence-electron chi connectivity index (χ3n) is 3.72. The molecule has 2 unspecified atom stereocenters. The van der Waals surface area contributed by atoms with Crippen LogP contribution in [0.25, 0.3) is 0 Å². The van der Waals surface area contributed by atoms with Crippen molar-refractivity contribution < 1.29 is 0 Å². The summed E-state index contributed by atoms with van der Waals surface area (Å²) < 4.78 is 2.10. The van der Waals surface area contributed by atoms with E-state index in [1.165, 1.54) is 17.0 Å². The van der Waals surface area contributed by atoms with Gasteiger partial charge in [0.2, 0.25) is 0 Å². The number of hydrogen-bond donors (Lipinski definition) is 0. The summed E-state index contributed by atoms with van der Waals surface area (Å²) in [5, 5.41) is 4.65. The Morgan fingerprint density at radius 1 is 1.20 bits per heavy atom. The first-order chi connectivity index (χ1) is 9.65. The number of halogens is 1. The summed E-state index contributed by atoms with van der Waals surface area (Å²) in [6, 6.07) is 12.5. The van der Waals surface area contributed by atoms with E-state index < -0.39 is 0 Å². The quantitative estimate of drug-likeness (QED) is 0.710. The Hall–Kier alpha value is -1.28. The van der Waals surface area contributed by atoms with Crippen LogP contribution >= 0.6 is 11.6 Å². The number of aryl methyl sites for hydroxylation is 2. The van der Waals surface area contributed by atoms with Crippen LogP contribution in [0.1, 0.15) is 43.1 Å². The summed E-state index contributed by atoms with van der Waals surface area (Å²) in [4.78, 5) is 0. The van der Waals surface area contributed by atoms with Gasteiger partial charge in [0, 0.05) is 12.2 Å². The van der Waals surface area contributed by atoms with Crippen molar-refractivity contribution in [2.45, 2.75) is 45.5 Å². The number of hydrogen-bond acceptors (Lipinski definition) is 1. The Kier molecular flexibility index (Phi) is 5.24. The molecule has 1 heterocycles. The summed E-state index contributed by atoms with van der Waals surface area (Å²) >= 11 is 6.61. The molecule has 0 spiro atoms. The SMILES string of the molecule is CCc1cc(CC(C)C(Cl)c2ccccc2)n(CC)n1. The van der Waals surface area contributed by atoms with E-state index in [1.807, 2.05) is 18.2 Å². The van der Waals surface area contributed by atoms with Crippen LogP contribution in [0.5, 0.6) is 0 Å². The third kappa shape index (κ3) is 3.43. The van der Waals surface area contributed by atoms with Gasteiger partial charge in [0.25, 0.3) is 0 Å². The fraction of sp³-hybridized carbons (Fsp3) is 0.471. The highest BCUT2D eigenvalue weighted by molar-refractivity contribution is 6.21. The number of benzene rings is 1. The molecule has 0 aliphatic rings. The minimum Gasteiger partial charge on any atom is -0.270 e. The van der Waals surface area contributed by atoms with Crippen LogP contribution in [-0.2, 0) is 19.4 Å². The fourth-order valence-corrected chi connectivity index (χ4v) is 2.76. The molecule has 3 heteroatoms. The second kappa shape index (κ2) is 6.94. The number of aromatic nitrogens is 2. The van der Waals surface area contributed by atoms with Gasteiger partial charge in [-0.05, 0) is 37.3 Å². The maximum atomic E-state index is 6.61. The predicted octanol–water partition coefficient (Wildman–Crippen LogP) is 4.62. The van der Waals surface area contributed by atoms with E-state index in [4.69, 9.17) is 11.6 Å². The van der Waals surface area contributed by atoms with Crippen LogP contribution in [0.15, 0.2) is 36.4 Å². The molecule has 108 valence electrons. The molecule has 2 aromatic rings. The summed E-state index contributed by atoms with van der Waals surface area (Å²) in [5.41, 5.74) is 3.65. The van der Waals surface area contributed by atoms with Crippen LogP contribution in [0.3, 0.4) is 0 Å². The highest BCUT2D eigenvalue weighted by atomic mass is 35.5. The highest BCUT2D eigenvalue weighted by Crippen LogP contribution is 2.31. The van der Waals surface area contributed by atoms with Crippen LogP contribution in [-0.4, -0.2) is 9.78 Å². The zero-order valence-electron chi connectivity index (χ0n) is 12.5. The van der Waals surface area contributed by atoms with Crippen LogP contribution in [0.4, 0.5) is 0 Å². The molecule has 0 bridgehead atoms. The Balaban J connectivity index is 2.11. The van der Waals surface area contributed by atoms with Crippen molar-refractivity contribution in [1.29, 1.82) is 0 Å². The van der Waals surface area contributed by atoms with E-state index in [0.717, 1.165) is 19.4 Å². The zero-order valence-corrected chi connectivity index (χ0v) is 13.3. The Bertz CT molecular complexity index is 533. The monoisotopic (exact) mass is 290 g/mol. The van der Waals surface area contributed by atoms with Crippen molar-refractivity contribution in [3.8, 4) is 0 Å². The first-order valence-electron chi connectivity index (χ1n) is 7.40. The Labute approximate surface area is 126 Å². The van der Waals surface area contributed by atoms with E-state index in [1.54, 1.807) is 0 Å². The second-order valence-corrected chi connectivity index (χ2v) is 5.76. The molecule has 1 aromatic carbocycles. The fourth-order valence-electron chi connectivity index (χ4n) is 2.52. The smallest absolute Gasteiger partial charge is 0.0624 e. The van der Waals surface area contributed by atoms with Crippen LogP contribution in [0.2, 0.25) is 0 Å². The van der Waals surface area contributed by atoms with E-state index in [-0.39, 0.29) is 5.38 Å². The average Bonchev–Trinajstić information content (AvgIpc) is 2.89. The van der Waals surface area contributed by atoms with Crippen molar-refractivity contribution in [1.82, 2.24) is 9.78 Å². The van der Waals surface area contributed by atoms with E-state index in [0.29, 0.717) is 5.92 Å².